The fourth-order valence-electron chi connectivity index (χ4n) is 3.01. The van der Waals surface area contributed by atoms with Crippen LogP contribution in [0.1, 0.15) is 12.0 Å². The Morgan fingerprint density at radius 1 is 1.19 bits per heavy atom. The van der Waals surface area contributed by atoms with Crippen molar-refractivity contribution in [2.24, 2.45) is 0 Å². The highest BCUT2D eigenvalue weighted by atomic mass is 32.2. The van der Waals surface area contributed by atoms with Gasteiger partial charge in [0.25, 0.3) is 0 Å². The van der Waals surface area contributed by atoms with Crippen molar-refractivity contribution in [3.63, 3.8) is 0 Å². The van der Waals surface area contributed by atoms with E-state index in [-0.39, 0.29) is 24.5 Å². The first-order chi connectivity index (χ1) is 14.9. The Morgan fingerprint density at radius 2 is 1.94 bits per heavy atom. The van der Waals surface area contributed by atoms with E-state index >= 15 is 0 Å². The molecular weight excluding hydrogens is 424 g/mol. The van der Waals surface area contributed by atoms with Gasteiger partial charge in [-0.3, -0.25) is 14.6 Å². The largest absolute Gasteiger partial charge is 0.497 e. The lowest BCUT2D eigenvalue weighted by Crippen LogP contribution is -2.53. The van der Waals surface area contributed by atoms with Crippen molar-refractivity contribution in [2.45, 2.75) is 24.1 Å². The highest BCUT2D eigenvalue weighted by molar-refractivity contribution is 7.89. The molecule has 3 rings (SSSR count). The van der Waals surface area contributed by atoms with Crippen LogP contribution in [0.25, 0.3) is 0 Å². The van der Waals surface area contributed by atoms with Crippen molar-refractivity contribution in [1.29, 1.82) is 0 Å². The number of hydrogen-bond donors (Lipinski definition) is 2. The molecule has 1 aromatic carbocycles. The van der Waals surface area contributed by atoms with Crippen LogP contribution < -0.4 is 15.4 Å². The Balaban J connectivity index is 1.59. The van der Waals surface area contributed by atoms with Gasteiger partial charge in [0.05, 0.1) is 25.2 Å². The van der Waals surface area contributed by atoms with Gasteiger partial charge < -0.3 is 20.1 Å². The molecule has 0 bridgehead atoms. The molecule has 2 amide bonds. The lowest BCUT2D eigenvalue weighted by Gasteiger charge is -2.34. The van der Waals surface area contributed by atoms with Gasteiger partial charge in [0.15, 0.2) is 0 Å². The Labute approximate surface area is 180 Å². The fraction of sp³-hybridized carbons (Fsp3) is 0.350. The van der Waals surface area contributed by atoms with E-state index in [4.69, 9.17) is 9.47 Å². The number of aromatic nitrogens is 1. The lowest BCUT2D eigenvalue weighted by molar-refractivity contribution is -0.140. The standard InChI is InChI=1S/C20H24N4O6S/c1-29-16-5-7-17(8-6-16)31(27,28)24-10-3-11-30-18(24)14-23-20(26)19(25)22-13-15-4-2-9-21-12-15/h2,4-9,12,18H,3,10-11,13-14H2,1H3,(H,22,25)(H,23,26)/t18-/m0/s1. The van der Waals surface area contributed by atoms with Crippen LogP contribution >= 0.6 is 0 Å². The minimum Gasteiger partial charge on any atom is -0.497 e. The topological polar surface area (TPSA) is 127 Å². The summed E-state index contributed by atoms with van der Waals surface area (Å²) in [6.07, 6.45) is 2.78. The second kappa shape index (κ2) is 10.3. The number of nitrogens with one attached hydrogen (secondary N) is 2. The van der Waals surface area contributed by atoms with Gasteiger partial charge in [0.1, 0.15) is 12.0 Å². The molecule has 1 aliphatic heterocycles. The number of rotatable bonds is 7. The molecule has 1 aliphatic rings. The molecule has 1 atom stereocenters. The number of methoxy groups -OCH3 is 1. The van der Waals surface area contributed by atoms with E-state index in [9.17, 15) is 18.0 Å². The third kappa shape index (κ3) is 5.78. The second-order valence-corrected chi connectivity index (χ2v) is 8.61. The zero-order valence-corrected chi connectivity index (χ0v) is 17.8. The maximum Gasteiger partial charge on any atom is 0.309 e. The molecule has 1 aromatic heterocycles. The van der Waals surface area contributed by atoms with Crippen LogP contribution in [-0.4, -0.2) is 62.6 Å². The highest BCUT2D eigenvalue weighted by Gasteiger charge is 2.35. The fourth-order valence-corrected chi connectivity index (χ4v) is 4.58. The van der Waals surface area contributed by atoms with Gasteiger partial charge in [0.2, 0.25) is 10.0 Å². The number of carbonyl (C=O) groups is 2. The number of hydrogen-bond acceptors (Lipinski definition) is 7. The van der Waals surface area contributed by atoms with Crippen LogP contribution in [-0.2, 0) is 30.9 Å². The van der Waals surface area contributed by atoms with Crippen molar-refractivity contribution in [3.8, 4) is 5.75 Å². The number of ether oxygens (including phenoxy) is 2. The summed E-state index contributed by atoms with van der Waals surface area (Å²) in [5, 5.41) is 4.93. The van der Waals surface area contributed by atoms with E-state index in [2.05, 4.69) is 15.6 Å². The highest BCUT2D eigenvalue weighted by Crippen LogP contribution is 2.23. The average Bonchev–Trinajstić information content (AvgIpc) is 2.81. The van der Waals surface area contributed by atoms with Gasteiger partial charge in [-0.2, -0.15) is 4.31 Å². The van der Waals surface area contributed by atoms with E-state index in [0.717, 1.165) is 5.56 Å². The van der Waals surface area contributed by atoms with Gasteiger partial charge in [-0.25, -0.2) is 8.42 Å². The van der Waals surface area contributed by atoms with Crippen molar-refractivity contribution in [1.82, 2.24) is 19.9 Å². The Kier molecular flexibility index (Phi) is 7.55. The van der Waals surface area contributed by atoms with E-state index in [1.54, 1.807) is 36.7 Å². The Bertz CT molecular complexity index is 998. The van der Waals surface area contributed by atoms with Crippen LogP contribution in [0.2, 0.25) is 0 Å². The molecule has 2 N–H and O–H groups in total. The first kappa shape index (κ1) is 22.7. The summed E-state index contributed by atoms with van der Waals surface area (Å²) < 4.78 is 37.9. The second-order valence-electron chi connectivity index (χ2n) is 6.72. The van der Waals surface area contributed by atoms with E-state index in [1.807, 2.05) is 0 Å². The molecular formula is C20H24N4O6S. The number of nitrogens with zero attached hydrogens (tertiary/aromatic N) is 2. The van der Waals surface area contributed by atoms with Crippen LogP contribution in [0, 0.1) is 0 Å². The molecule has 2 heterocycles. The number of sulfonamides is 1. The first-order valence-electron chi connectivity index (χ1n) is 9.64. The van der Waals surface area contributed by atoms with E-state index in [1.165, 1.54) is 23.5 Å². The van der Waals surface area contributed by atoms with Gasteiger partial charge in [-0.1, -0.05) is 6.07 Å². The minimum absolute atomic E-state index is 0.0874. The zero-order valence-electron chi connectivity index (χ0n) is 17.0. The van der Waals surface area contributed by atoms with Crippen molar-refractivity contribution >= 4 is 21.8 Å². The summed E-state index contributed by atoms with van der Waals surface area (Å²) in [5.74, 6) is -1.17. The SMILES string of the molecule is COc1ccc(S(=O)(=O)N2CCCO[C@H]2CNC(=O)C(=O)NCc2cccnc2)cc1. The van der Waals surface area contributed by atoms with Crippen molar-refractivity contribution in [3.05, 3.63) is 54.4 Å². The van der Waals surface area contributed by atoms with Crippen LogP contribution in [0.5, 0.6) is 5.75 Å². The third-order valence-corrected chi connectivity index (χ3v) is 6.54. The zero-order chi connectivity index (χ0) is 22.3. The van der Waals surface area contributed by atoms with Gasteiger partial charge in [0, 0.05) is 25.5 Å². The Hall–Kier alpha value is -3.02. The minimum atomic E-state index is -3.86. The Morgan fingerprint density at radius 3 is 2.61 bits per heavy atom. The van der Waals surface area contributed by atoms with Gasteiger partial charge in [-0.05, 0) is 42.3 Å². The molecule has 11 heteroatoms. The quantitative estimate of drug-likeness (QED) is 0.582. The number of pyridine rings is 1. The summed E-state index contributed by atoms with van der Waals surface area (Å²) >= 11 is 0. The molecule has 0 spiro atoms. The predicted octanol–water partition coefficient (Wildman–Crippen LogP) is 0.260. The van der Waals surface area contributed by atoms with Gasteiger partial charge in [-0.15, -0.1) is 0 Å². The number of carbonyl (C=O) groups excluding carboxylic acids is 2. The van der Waals surface area contributed by atoms with Gasteiger partial charge >= 0.3 is 11.8 Å². The molecule has 1 fully saturated rings. The van der Waals surface area contributed by atoms with Crippen molar-refractivity contribution < 1.29 is 27.5 Å². The molecule has 1 saturated heterocycles. The molecule has 0 saturated carbocycles. The first-order valence-corrected chi connectivity index (χ1v) is 11.1. The summed E-state index contributed by atoms with van der Waals surface area (Å²) in [5.41, 5.74) is 0.746. The average molecular weight is 449 g/mol. The van der Waals surface area contributed by atoms with Crippen LogP contribution in [0.15, 0.2) is 53.7 Å². The number of amides is 2. The monoisotopic (exact) mass is 448 g/mol. The summed E-state index contributed by atoms with van der Waals surface area (Å²) in [6, 6.07) is 9.50. The maximum absolute atomic E-state index is 13.0. The van der Waals surface area contributed by atoms with E-state index in [0.29, 0.717) is 18.8 Å². The predicted molar refractivity (Wildman–Crippen MR) is 110 cm³/mol. The smallest absolute Gasteiger partial charge is 0.309 e. The number of benzene rings is 1. The van der Waals surface area contributed by atoms with Crippen LogP contribution in [0.3, 0.4) is 0 Å². The van der Waals surface area contributed by atoms with E-state index < -0.39 is 28.1 Å². The molecule has 0 aliphatic carbocycles. The summed E-state index contributed by atoms with van der Waals surface area (Å²) in [7, 11) is -2.36. The molecule has 31 heavy (non-hydrogen) atoms. The summed E-state index contributed by atoms with van der Waals surface area (Å²) in [6.45, 7) is 0.580. The lowest BCUT2D eigenvalue weighted by atomic mass is 10.3. The van der Waals surface area contributed by atoms with Crippen molar-refractivity contribution in [2.75, 3.05) is 26.8 Å². The molecule has 2 aromatic rings. The van der Waals surface area contributed by atoms with Crippen LogP contribution in [0.4, 0.5) is 0 Å². The summed E-state index contributed by atoms with van der Waals surface area (Å²) in [4.78, 5) is 28.2. The normalized spacial score (nSPS) is 17.0. The molecule has 10 nitrogen and oxygen atoms in total. The third-order valence-electron chi connectivity index (χ3n) is 4.64. The molecule has 166 valence electrons. The molecule has 0 unspecified atom stereocenters. The maximum atomic E-state index is 13.0. The molecule has 0 radical (unpaired) electrons.